The number of β-amino-alcohol motifs (C(OH)–C–C–N with tert-alkyl or cyclic N) is 1. The Morgan fingerprint density at radius 2 is 2.23 bits per heavy atom. The van der Waals surface area contributed by atoms with E-state index in [2.05, 4.69) is 17.5 Å². The molecule has 3 aliphatic rings. The standard InChI is InChI=1S/C20H28N2O3S/c1-2-8-21-10-6-20(7-11-21)18-15(5-12-25-20)13-17(26-18)19(24)22-9-3-4-16(23)14-22/h2,13,16,23H,1,3-12,14H2. The van der Waals surface area contributed by atoms with Gasteiger partial charge in [-0.15, -0.1) is 17.9 Å². The van der Waals surface area contributed by atoms with E-state index >= 15 is 0 Å². The van der Waals surface area contributed by atoms with Gasteiger partial charge in [0, 0.05) is 37.6 Å². The lowest BCUT2D eigenvalue weighted by atomic mass is 9.85. The van der Waals surface area contributed by atoms with Gasteiger partial charge >= 0.3 is 0 Å². The van der Waals surface area contributed by atoms with Gasteiger partial charge in [-0.2, -0.15) is 0 Å². The zero-order valence-electron chi connectivity index (χ0n) is 15.3. The fraction of sp³-hybridized carbons (Fsp3) is 0.650. The SMILES string of the molecule is C=CCN1CCC2(CC1)OCCc1cc(C(=O)N3CCCC(O)C3)sc12. The number of fused-ring (bicyclic) bond motifs is 2. The normalized spacial score (nSPS) is 25.9. The van der Waals surface area contributed by atoms with Gasteiger partial charge in [-0.1, -0.05) is 6.08 Å². The second-order valence-electron chi connectivity index (χ2n) is 7.69. The van der Waals surface area contributed by atoms with E-state index in [-0.39, 0.29) is 17.6 Å². The molecule has 142 valence electrons. The number of likely N-dealkylation sites (tertiary alicyclic amines) is 2. The van der Waals surface area contributed by atoms with Crippen LogP contribution in [0, 0.1) is 0 Å². The molecule has 2 saturated heterocycles. The molecule has 4 rings (SSSR count). The molecule has 0 aliphatic carbocycles. The topological polar surface area (TPSA) is 53.0 Å². The molecule has 1 amide bonds. The number of ether oxygens (including phenoxy) is 1. The van der Waals surface area contributed by atoms with Crippen molar-refractivity contribution in [3.05, 3.63) is 34.0 Å². The third-order valence-electron chi connectivity index (χ3n) is 5.92. The second-order valence-corrected chi connectivity index (χ2v) is 8.75. The van der Waals surface area contributed by atoms with E-state index in [0.29, 0.717) is 6.54 Å². The van der Waals surface area contributed by atoms with Gasteiger partial charge < -0.3 is 14.7 Å². The first kappa shape index (κ1) is 18.2. The molecule has 0 radical (unpaired) electrons. The van der Waals surface area contributed by atoms with Crippen molar-refractivity contribution in [2.45, 2.75) is 43.8 Å². The smallest absolute Gasteiger partial charge is 0.264 e. The van der Waals surface area contributed by atoms with Crippen molar-refractivity contribution in [3.8, 4) is 0 Å². The molecule has 5 nitrogen and oxygen atoms in total. The summed E-state index contributed by atoms with van der Waals surface area (Å²) in [6, 6.07) is 2.09. The van der Waals surface area contributed by atoms with E-state index in [4.69, 9.17) is 4.74 Å². The average molecular weight is 377 g/mol. The highest BCUT2D eigenvalue weighted by atomic mass is 32.1. The van der Waals surface area contributed by atoms with Crippen LogP contribution in [-0.2, 0) is 16.8 Å². The first-order chi connectivity index (χ1) is 12.6. The number of aliphatic hydroxyl groups is 1. The number of carbonyl (C=O) groups is 1. The number of carbonyl (C=O) groups excluding carboxylic acids is 1. The van der Waals surface area contributed by atoms with Crippen molar-refractivity contribution in [3.63, 3.8) is 0 Å². The summed E-state index contributed by atoms with van der Waals surface area (Å²) in [5, 5.41) is 9.88. The van der Waals surface area contributed by atoms with E-state index in [9.17, 15) is 9.90 Å². The van der Waals surface area contributed by atoms with Gasteiger partial charge in [0.05, 0.1) is 17.6 Å². The number of nitrogens with zero attached hydrogens (tertiary/aromatic N) is 2. The lowest BCUT2D eigenvalue weighted by Gasteiger charge is -2.43. The van der Waals surface area contributed by atoms with Crippen molar-refractivity contribution in [1.82, 2.24) is 9.80 Å². The summed E-state index contributed by atoms with van der Waals surface area (Å²) in [5.41, 5.74) is 1.08. The van der Waals surface area contributed by atoms with E-state index in [0.717, 1.165) is 69.8 Å². The minimum atomic E-state index is -0.383. The van der Waals surface area contributed by atoms with E-state index in [1.54, 1.807) is 11.3 Å². The predicted molar refractivity (Wildman–Crippen MR) is 103 cm³/mol. The van der Waals surface area contributed by atoms with Gasteiger partial charge in [0.1, 0.15) is 5.60 Å². The predicted octanol–water partition coefficient (Wildman–Crippen LogP) is 2.39. The number of rotatable bonds is 3. The van der Waals surface area contributed by atoms with Crippen LogP contribution >= 0.6 is 11.3 Å². The number of aliphatic hydroxyl groups excluding tert-OH is 1. The highest BCUT2D eigenvalue weighted by Crippen LogP contribution is 2.45. The Hall–Kier alpha value is -1.21. The van der Waals surface area contributed by atoms with Crippen LogP contribution < -0.4 is 0 Å². The van der Waals surface area contributed by atoms with E-state index < -0.39 is 0 Å². The third-order valence-corrected chi connectivity index (χ3v) is 7.27. The molecule has 1 atom stereocenters. The van der Waals surface area contributed by atoms with Crippen LogP contribution in [-0.4, -0.2) is 66.2 Å². The van der Waals surface area contributed by atoms with E-state index in [1.807, 2.05) is 11.0 Å². The minimum Gasteiger partial charge on any atom is -0.391 e. The quantitative estimate of drug-likeness (QED) is 0.823. The van der Waals surface area contributed by atoms with Gasteiger partial charge in [0.2, 0.25) is 0 Å². The Bertz CT molecular complexity index is 679. The van der Waals surface area contributed by atoms with Crippen molar-refractivity contribution >= 4 is 17.2 Å². The summed E-state index contributed by atoms with van der Waals surface area (Å²) in [6.07, 6.45) is 6.09. The molecule has 1 N–H and O–H groups in total. The lowest BCUT2D eigenvalue weighted by molar-refractivity contribution is -0.0937. The molecule has 4 heterocycles. The molecule has 3 aliphatic heterocycles. The summed E-state index contributed by atoms with van der Waals surface area (Å²) < 4.78 is 6.31. The molecule has 1 spiro atoms. The van der Waals surface area contributed by atoms with Crippen LogP contribution in [0.15, 0.2) is 18.7 Å². The highest BCUT2D eigenvalue weighted by molar-refractivity contribution is 7.14. The average Bonchev–Trinajstić information content (AvgIpc) is 3.09. The van der Waals surface area contributed by atoms with Crippen LogP contribution in [0.3, 0.4) is 0 Å². The Balaban J connectivity index is 1.54. The van der Waals surface area contributed by atoms with Crippen LogP contribution in [0.25, 0.3) is 0 Å². The monoisotopic (exact) mass is 376 g/mol. The molecular weight excluding hydrogens is 348 g/mol. The first-order valence-electron chi connectivity index (χ1n) is 9.69. The van der Waals surface area contributed by atoms with E-state index in [1.165, 1.54) is 10.4 Å². The fourth-order valence-electron chi connectivity index (χ4n) is 4.47. The number of hydrogen-bond acceptors (Lipinski definition) is 5. The maximum Gasteiger partial charge on any atom is 0.264 e. The molecule has 0 bridgehead atoms. The molecule has 2 fully saturated rings. The third kappa shape index (κ3) is 3.36. The first-order valence-corrected chi connectivity index (χ1v) is 10.5. The van der Waals surface area contributed by atoms with Crippen molar-refractivity contribution < 1.29 is 14.6 Å². The Labute approximate surface area is 159 Å². The number of hydrogen-bond donors (Lipinski definition) is 1. The van der Waals surface area contributed by atoms with Gasteiger partial charge in [0.15, 0.2) is 0 Å². The van der Waals surface area contributed by atoms with Crippen molar-refractivity contribution in [2.75, 3.05) is 39.3 Å². The zero-order valence-corrected chi connectivity index (χ0v) is 16.1. The zero-order chi connectivity index (χ0) is 18.1. The second kappa shape index (κ2) is 7.43. The Kier molecular flexibility index (Phi) is 5.19. The molecule has 0 saturated carbocycles. The summed E-state index contributed by atoms with van der Waals surface area (Å²) in [7, 11) is 0. The number of amides is 1. The minimum absolute atomic E-state index is 0.0717. The van der Waals surface area contributed by atoms with Crippen LogP contribution in [0.4, 0.5) is 0 Å². The Morgan fingerprint density at radius 1 is 1.42 bits per heavy atom. The molecule has 1 unspecified atom stereocenters. The highest BCUT2D eigenvalue weighted by Gasteiger charge is 2.42. The van der Waals surface area contributed by atoms with Crippen LogP contribution in [0.2, 0.25) is 0 Å². The molecule has 1 aromatic rings. The summed E-state index contributed by atoms with van der Waals surface area (Å²) in [4.78, 5) is 19.2. The molecule has 6 heteroatoms. The molecule has 0 aromatic carbocycles. The Morgan fingerprint density at radius 3 is 2.96 bits per heavy atom. The van der Waals surface area contributed by atoms with Crippen LogP contribution in [0.5, 0.6) is 0 Å². The van der Waals surface area contributed by atoms with Crippen molar-refractivity contribution in [2.24, 2.45) is 0 Å². The van der Waals surface area contributed by atoms with Gasteiger partial charge in [0.25, 0.3) is 5.91 Å². The largest absolute Gasteiger partial charge is 0.391 e. The summed E-state index contributed by atoms with van der Waals surface area (Å²) >= 11 is 1.62. The number of piperidine rings is 2. The maximum atomic E-state index is 12.9. The fourth-order valence-corrected chi connectivity index (χ4v) is 5.85. The van der Waals surface area contributed by atoms with Gasteiger partial charge in [-0.05, 0) is 43.7 Å². The van der Waals surface area contributed by atoms with Gasteiger partial charge in [-0.25, -0.2) is 0 Å². The summed E-state index contributed by atoms with van der Waals surface area (Å²) in [6.45, 7) is 8.71. The van der Waals surface area contributed by atoms with Crippen LogP contribution in [0.1, 0.15) is 45.8 Å². The number of thiophene rings is 1. The molecular formula is C20H28N2O3S. The molecule has 1 aromatic heterocycles. The maximum absolute atomic E-state index is 12.9. The van der Waals surface area contributed by atoms with Gasteiger partial charge in [-0.3, -0.25) is 9.69 Å². The molecule has 26 heavy (non-hydrogen) atoms. The summed E-state index contributed by atoms with van der Waals surface area (Å²) in [5.74, 6) is 0.0717. The lowest BCUT2D eigenvalue weighted by Crippen LogP contribution is -2.45. The van der Waals surface area contributed by atoms with Crippen molar-refractivity contribution in [1.29, 1.82) is 0 Å².